The predicted octanol–water partition coefficient (Wildman–Crippen LogP) is 2.63. The Labute approximate surface area is 95.6 Å². The molecule has 0 saturated heterocycles. The minimum atomic E-state index is -1.01. The minimum Gasteiger partial charge on any atom is -0.255 e. The van der Waals surface area contributed by atoms with Gasteiger partial charge < -0.3 is 0 Å². The summed E-state index contributed by atoms with van der Waals surface area (Å²) >= 11 is 0. The highest BCUT2D eigenvalue weighted by molar-refractivity contribution is 7.84. The fourth-order valence-electron chi connectivity index (χ4n) is 1.43. The van der Waals surface area contributed by atoms with E-state index in [1.54, 1.807) is 42.7 Å². The van der Waals surface area contributed by atoms with Crippen LogP contribution in [0.15, 0.2) is 47.5 Å². The summed E-state index contributed by atoms with van der Waals surface area (Å²) in [5.41, 5.74) is 1.19. The molecular weight excluding hydrogens is 225 g/mol. The van der Waals surface area contributed by atoms with E-state index in [0.717, 1.165) is 10.5 Å². The van der Waals surface area contributed by atoms with Gasteiger partial charge in [0.2, 0.25) is 5.95 Å². The summed E-state index contributed by atoms with van der Waals surface area (Å²) in [7, 11) is -1.01. The molecule has 0 spiro atoms. The molecule has 0 fully saturated rings. The average molecular weight is 235 g/mol. The lowest BCUT2D eigenvalue weighted by molar-refractivity contribution is 0.587. The normalized spacial score (nSPS) is 12.4. The molecule has 1 aromatic carbocycles. The maximum atomic E-state index is 13.4. The van der Waals surface area contributed by atoms with E-state index >= 15 is 0 Å². The molecule has 0 bridgehead atoms. The Balaban J connectivity index is 2.43. The topological polar surface area (TPSA) is 30.0 Å². The van der Waals surface area contributed by atoms with Crippen molar-refractivity contribution in [2.75, 3.05) is 6.26 Å². The van der Waals surface area contributed by atoms with Crippen LogP contribution in [0.25, 0.3) is 11.1 Å². The minimum absolute atomic E-state index is 0.455. The Hall–Kier alpha value is -1.55. The Bertz CT molecular complexity index is 525. The van der Waals surface area contributed by atoms with Gasteiger partial charge >= 0.3 is 0 Å². The van der Waals surface area contributed by atoms with Crippen LogP contribution >= 0.6 is 0 Å². The average Bonchev–Trinajstić information content (AvgIpc) is 2.30. The summed E-state index contributed by atoms with van der Waals surface area (Å²) in [6.07, 6.45) is 3.02. The lowest BCUT2D eigenvalue weighted by atomic mass is 10.1. The Morgan fingerprint density at radius 3 is 2.44 bits per heavy atom. The van der Waals surface area contributed by atoms with E-state index in [4.69, 9.17) is 0 Å². The van der Waals surface area contributed by atoms with Gasteiger partial charge in [-0.1, -0.05) is 12.1 Å². The van der Waals surface area contributed by atoms with Crippen LogP contribution in [0.1, 0.15) is 0 Å². The van der Waals surface area contributed by atoms with Crippen LogP contribution in [0, 0.1) is 5.95 Å². The number of pyridine rings is 1. The van der Waals surface area contributed by atoms with Crippen LogP contribution in [0.5, 0.6) is 0 Å². The highest BCUT2D eigenvalue weighted by Gasteiger charge is 2.05. The third-order valence-electron chi connectivity index (χ3n) is 2.26. The standard InChI is InChI=1S/C12H10FNOS/c1-16(15)10-6-4-9(5-7-10)11-3-2-8-14-12(11)13/h2-8H,1H3. The van der Waals surface area contributed by atoms with Crippen LogP contribution in [0.4, 0.5) is 4.39 Å². The summed E-state index contributed by atoms with van der Waals surface area (Å²) < 4.78 is 24.5. The summed E-state index contributed by atoms with van der Waals surface area (Å²) in [6, 6.07) is 10.3. The summed E-state index contributed by atoms with van der Waals surface area (Å²) in [5.74, 6) is -0.493. The van der Waals surface area contributed by atoms with E-state index in [1.807, 2.05) is 0 Å². The van der Waals surface area contributed by atoms with Gasteiger partial charge in [-0.05, 0) is 29.8 Å². The molecule has 1 heterocycles. The maximum Gasteiger partial charge on any atom is 0.220 e. The number of rotatable bonds is 2. The Morgan fingerprint density at radius 1 is 1.19 bits per heavy atom. The first kappa shape index (κ1) is 11.0. The van der Waals surface area contributed by atoms with Gasteiger partial charge in [0.25, 0.3) is 0 Å². The molecule has 2 nitrogen and oxygen atoms in total. The fraction of sp³-hybridized carbons (Fsp3) is 0.0833. The van der Waals surface area contributed by atoms with Crippen molar-refractivity contribution < 1.29 is 8.60 Å². The van der Waals surface area contributed by atoms with Crippen molar-refractivity contribution in [3.05, 3.63) is 48.5 Å². The van der Waals surface area contributed by atoms with Gasteiger partial charge in [-0.25, -0.2) is 4.98 Å². The second-order valence-corrected chi connectivity index (χ2v) is 4.70. The Kier molecular flexibility index (Phi) is 3.10. The molecule has 82 valence electrons. The van der Waals surface area contributed by atoms with Gasteiger partial charge in [-0.2, -0.15) is 4.39 Å². The molecule has 1 aromatic heterocycles. The molecule has 0 aliphatic heterocycles. The van der Waals surface area contributed by atoms with E-state index in [1.165, 1.54) is 6.20 Å². The van der Waals surface area contributed by atoms with E-state index in [0.29, 0.717) is 5.56 Å². The lowest BCUT2D eigenvalue weighted by Crippen LogP contribution is -1.90. The van der Waals surface area contributed by atoms with Crippen LogP contribution in [-0.2, 0) is 10.8 Å². The van der Waals surface area contributed by atoms with Gasteiger partial charge in [-0.3, -0.25) is 4.21 Å². The van der Waals surface area contributed by atoms with Crippen molar-refractivity contribution in [2.24, 2.45) is 0 Å². The van der Waals surface area contributed by atoms with E-state index in [9.17, 15) is 8.60 Å². The van der Waals surface area contributed by atoms with Crippen LogP contribution < -0.4 is 0 Å². The zero-order valence-electron chi connectivity index (χ0n) is 8.68. The molecule has 0 aliphatic carbocycles. The second kappa shape index (κ2) is 4.53. The number of halogens is 1. The first-order chi connectivity index (χ1) is 7.68. The van der Waals surface area contributed by atoms with Crippen molar-refractivity contribution in [3.63, 3.8) is 0 Å². The molecule has 1 atom stereocenters. The van der Waals surface area contributed by atoms with Crippen LogP contribution in [0.2, 0.25) is 0 Å². The molecule has 0 radical (unpaired) electrons. The van der Waals surface area contributed by atoms with Gasteiger partial charge in [0.05, 0.1) is 0 Å². The van der Waals surface area contributed by atoms with E-state index in [-0.39, 0.29) is 0 Å². The summed E-state index contributed by atoms with van der Waals surface area (Å²) in [5, 5.41) is 0. The summed E-state index contributed by atoms with van der Waals surface area (Å²) in [6.45, 7) is 0. The number of hydrogen-bond donors (Lipinski definition) is 0. The largest absolute Gasteiger partial charge is 0.255 e. The Morgan fingerprint density at radius 2 is 1.88 bits per heavy atom. The third kappa shape index (κ3) is 2.17. The highest BCUT2D eigenvalue weighted by Crippen LogP contribution is 2.21. The molecule has 0 N–H and O–H groups in total. The zero-order chi connectivity index (χ0) is 11.5. The van der Waals surface area contributed by atoms with Gasteiger partial charge in [0, 0.05) is 33.7 Å². The number of aromatic nitrogens is 1. The molecule has 2 rings (SSSR count). The first-order valence-corrected chi connectivity index (χ1v) is 6.28. The van der Waals surface area contributed by atoms with Gasteiger partial charge in [-0.15, -0.1) is 0 Å². The van der Waals surface area contributed by atoms with E-state index in [2.05, 4.69) is 4.98 Å². The van der Waals surface area contributed by atoms with Crippen molar-refractivity contribution in [1.29, 1.82) is 0 Å². The number of hydrogen-bond acceptors (Lipinski definition) is 2. The fourth-order valence-corrected chi connectivity index (χ4v) is 1.95. The third-order valence-corrected chi connectivity index (χ3v) is 3.19. The maximum absolute atomic E-state index is 13.4. The molecule has 0 amide bonds. The van der Waals surface area contributed by atoms with Crippen molar-refractivity contribution >= 4 is 10.8 Å². The molecule has 0 aliphatic rings. The van der Waals surface area contributed by atoms with Crippen LogP contribution in [-0.4, -0.2) is 15.4 Å². The van der Waals surface area contributed by atoms with Gasteiger partial charge in [0.15, 0.2) is 0 Å². The lowest BCUT2D eigenvalue weighted by Gasteiger charge is -2.03. The summed E-state index contributed by atoms with van der Waals surface area (Å²) in [4.78, 5) is 4.32. The smallest absolute Gasteiger partial charge is 0.220 e. The molecule has 2 aromatic rings. The van der Waals surface area contributed by atoms with Crippen molar-refractivity contribution in [2.45, 2.75) is 4.90 Å². The van der Waals surface area contributed by atoms with Crippen molar-refractivity contribution in [3.8, 4) is 11.1 Å². The molecular formula is C12H10FNOS. The van der Waals surface area contributed by atoms with Gasteiger partial charge in [0.1, 0.15) is 0 Å². The number of benzene rings is 1. The molecule has 4 heteroatoms. The highest BCUT2D eigenvalue weighted by atomic mass is 32.2. The van der Waals surface area contributed by atoms with E-state index < -0.39 is 16.7 Å². The zero-order valence-corrected chi connectivity index (χ0v) is 9.50. The predicted molar refractivity (Wildman–Crippen MR) is 62.0 cm³/mol. The second-order valence-electron chi connectivity index (χ2n) is 3.32. The molecule has 16 heavy (non-hydrogen) atoms. The van der Waals surface area contributed by atoms with Crippen molar-refractivity contribution in [1.82, 2.24) is 4.98 Å². The SMILES string of the molecule is CS(=O)c1ccc(-c2cccnc2F)cc1. The monoisotopic (exact) mass is 235 g/mol. The number of nitrogens with zero attached hydrogens (tertiary/aromatic N) is 1. The quantitative estimate of drug-likeness (QED) is 0.749. The first-order valence-electron chi connectivity index (χ1n) is 4.73. The molecule has 1 unspecified atom stereocenters. The molecule has 0 saturated carbocycles. The van der Waals surface area contributed by atoms with Crippen LogP contribution in [0.3, 0.4) is 0 Å².